The highest BCUT2D eigenvalue weighted by atomic mass is 35.5. The van der Waals surface area contributed by atoms with Crippen LogP contribution in [0.4, 0.5) is 4.39 Å². The predicted octanol–water partition coefficient (Wildman–Crippen LogP) is 0.881. The van der Waals surface area contributed by atoms with Crippen molar-refractivity contribution in [1.82, 2.24) is 5.32 Å². The minimum Gasteiger partial charge on any atom is -0.393 e. The molecule has 0 aliphatic rings. The van der Waals surface area contributed by atoms with Crippen LogP contribution in [0.2, 0.25) is 5.02 Å². The van der Waals surface area contributed by atoms with Gasteiger partial charge in [0.25, 0.3) is 0 Å². The number of aliphatic hydroxyl groups excluding tert-OH is 1. The van der Waals surface area contributed by atoms with Crippen molar-refractivity contribution < 1.29 is 19.4 Å². The molecule has 0 spiro atoms. The molecular formula is C12H15ClFNO3. The fraction of sp³-hybridized carbons (Fsp3) is 0.417. The highest BCUT2D eigenvalue weighted by Crippen LogP contribution is 2.19. The van der Waals surface area contributed by atoms with E-state index in [1.807, 2.05) is 0 Å². The lowest BCUT2D eigenvalue weighted by Gasteiger charge is -2.20. The summed E-state index contributed by atoms with van der Waals surface area (Å²) >= 11 is 5.78. The van der Waals surface area contributed by atoms with Gasteiger partial charge in [0.05, 0.1) is 13.0 Å². The van der Waals surface area contributed by atoms with Gasteiger partial charge in [-0.05, 0) is 19.1 Å². The maximum atomic E-state index is 13.4. The summed E-state index contributed by atoms with van der Waals surface area (Å²) in [6.07, 6.45) is -0.215. The predicted molar refractivity (Wildman–Crippen MR) is 65.8 cm³/mol. The largest absolute Gasteiger partial charge is 0.393 e. The SMILES string of the molecule is CC(O)(CO)CNC(=O)Cc1c(F)cccc1Cl. The Bertz CT molecular complexity index is 417. The zero-order chi connectivity index (χ0) is 13.8. The number of aliphatic hydroxyl groups is 2. The molecular weight excluding hydrogens is 261 g/mol. The first kappa shape index (κ1) is 14.9. The Kier molecular flexibility index (Phi) is 5.07. The maximum Gasteiger partial charge on any atom is 0.224 e. The summed E-state index contributed by atoms with van der Waals surface area (Å²) in [5.74, 6) is -1.03. The molecule has 18 heavy (non-hydrogen) atoms. The van der Waals surface area contributed by atoms with Crippen LogP contribution in [-0.2, 0) is 11.2 Å². The topological polar surface area (TPSA) is 69.6 Å². The number of amides is 1. The molecule has 0 fully saturated rings. The van der Waals surface area contributed by atoms with Crippen molar-refractivity contribution in [2.24, 2.45) is 0 Å². The molecule has 6 heteroatoms. The van der Waals surface area contributed by atoms with Gasteiger partial charge < -0.3 is 15.5 Å². The van der Waals surface area contributed by atoms with Gasteiger partial charge in [-0.2, -0.15) is 0 Å². The Hall–Kier alpha value is -1.17. The van der Waals surface area contributed by atoms with E-state index >= 15 is 0 Å². The van der Waals surface area contributed by atoms with Gasteiger partial charge in [0.2, 0.25) is 5.91 Å². The molecule has 0 aliphatic carbocycles. The molecule has 4 nitrogen and oxygen atoms in total. The normalized spacial score (nSPS) is 14.1. The van der Waals surface area contributed by atoms with Gasteiger partial charge in [0.15, 0.2) is 0 Å². The van der Waals surface area contributed by atoms with E-state index in [1.165, 1.54) is 25.1 Å². The van der Waals surface area contributed by atoms with E-state index in [1.54, 1.807) is 0 Å². The molecule has 0 radical (unpaired) electrons. The standard InChI is InChI=1S/C12H15ClFNO3/c1-12(18,7-16)6-15-11(17)5-8-9(13)3-2-4-10(8)14/h2-4,16,18H,5-7H2,1H3,(H,15,17). The van der Waals surface area contributed by atoms with Crippen LogP contribution >= 0.6 is 11.6 Å². The van der Waals surface area contributed by atoms with Crippen LogP contribution in [-0.4, -0.2) is 34.9 Å². The lowest BCUT2D eigenvalue weighted by atomic mass is 10.1. The van der Waals surface area contributed by atoms with E-state index in [2.05, 4.69) is 5.32 Å². The van der Waals surface area contributed by atoms with Crippen molar-refractivity contribution in [2.45, 2.75) is 18.9 Å². The van der Waals surface area contributed by atoms with Crippen LogP contribution in [0.15, 0.2) is 18.2 Å². The van der Waals surface area contributed by atoms with Crippen LogP contribution < -0.4 is 5.32 Å². The number of carbonyl (C=O) groups excluding carboxylic acids is 1. The van der Waals surface area contributed by atoms with Crippen molar-refractivity contribution in [3.63, 3.8) is 0 Å². The third kappa shape index (κ3) is 4.25. The third-order valence-corrected chi connectivity index (χ3v) is 2.76. The first-order chi connectivity index (χ1) is 8.35. The summed E-state index contributed by atoms with van der Waals surface area (Å²) in [7, 11) is 0. The summed E-state index contributed by atoms with van der Waals surface area (Å²) in [6.45, 7) is 0.783. The number of nitrogens with one attached hydrogen (secondary N) is 1. The minimum absolute atomic E-state index is 0.111. The number of rotatable bonds is 5. The van der Waals surface area contributed by atoms with Crippen molar-refractivity contribution in [3.05, 3.63) is 34.6 Å². The zero-order valence-electron chi connectivity index (χ0n) is 9.91. The van der Waals surface area contributed by atoms with E-state index in [0.717, 1.165) is 0 Å². The van der Waals surface area contributed by atoms with Gasteiger partial charge in [-0.25, -0.2) is 4.39 Å². The zero-order valence-corrected chi connectivity index (χ0v) is 10.7. The molecule has 1 unspecified atom stereocenters. The molecule has 1 atom stereocenters. The second kappa shape index (κ2) is 6.13. The second-order valence-electron chi connectivity index (χ2n) is 4.31. The van der Waals surface area contributed by atoms with Crippen LogP contribution in [0.3, 0.4) is 0 Å². The number of benzene rings is 1. The van der Waals surface area contributed by atoms with Crippen molar-refractivity contribution in [3.8, 4) is 0 Å². The van der Waals surface area contributed by atoms with Gasteiger partial charge >= 0.3 is 0 Å². The number of hydrogen-bond acceptors (Lipinski definition) is 3. The van der Waals surface area contributed by atoms with Gasteiger partial charge in [-0.1, -0.05) is 17.7 Å². The Labute approximate surface area is 109 Å². The Morgan fingerprint density at radius 3 is 2.78 bits per heavy atom. The summed E-state index contributed by atoms with van der Waals surface area (Å²) < 4.78 is 13.4. The molecule has 1 aromatic carbocycles. The maximum absolute atomic E-state index is 13.4. The van der Waals surface area contributed by atoms with E-state index in [4.69, 9.17) is 16.7 Å². The number of hydrogen-bond donors (Lipinski definition) is 3. The average Bonchev–Trinajstić information content (AvgIpc) is 2.32. The first-order valence-corrected chi connectivity index (χ1v) is 5.76. The molecule has 1 amide bonds. The van der Waals surface area contributed by atoms with E-state index < -0.39 is 23.9 Å². The van der Waals surface area contributed by atoms with Crippen molar-refractivity contribution in [2.75, 3.05) is 13.2 Å². The van der Waals surface area contributed by atoms with Gasteiger partial charge in [-0.15, -0.1) is 0 Å². The molecule has 1 rings (SSSR count). The smallest absolute Gasteiger partial charge is 0.224 e. The van der Waals surface area contributed by atoms with E-state index in [-0.39, 0.29) is 23.6 Å². The Morgan fingerprint density at radius 1 is 1.56 bits per heavy atom. The van der Waals surface area contributed by atoms with Crippen LogP contribution in [0.1, 0.15) is 12.5 Å². The lowest BCUT2D eigenvalue weighted by molar-refractivity contribution is -0.122. The van der Waals surface area contributed by atoms with Crippen LogP contribution in [0.5, 0.6) is 0 Å². The quantitative estimate of drug-likeness (QED) is 0.747. The molecule has 0 aliphatic heterocycles. The molecule has 0 bridgehead atoms. The van der Waals surface area contributed by atoms with Gasteiger partial charge in [-0.3, -0.25) is 4.79 Å². The van der Waals surface area contributed by atoms with Gasteiger partial charge in [0.1, 0.15) is 11.4 Å². The molecule has 0 saturated heterocycles. The summed E-state index contributed by atoms with van der Waals surface area (Å²) in [4.78, 5) is 11.6. The van der Waals surface area contributed by atoms with Gasteiger partial charge in [0, 0.05) is 17.1 Å². The highest BCUT2D eigenvalue weighted by Gasteiger charge is 2.20. The molecule has 0 aromatic heterocycles. The molecule has 3 N–H and O–H groups in total. The van der Waals surface area contributed by atoms with E-state index in [9.17, 15) is 14.3 Å². The summed E-state index contributed by atoms with van der Waals surface area (Å²) in [6, 6.07) is 4.17. The highest BCUT2D eigenvalue weighted by molar-refractivity contribution is 6.31. The van der Waals surface area contributed by atoms with Crippen LogP contribution in [0.25, 0.3) is 0 Å². The lowest BCUT2D eigenvalue weighted by Crippen LogP contribution is -2.43. The average molecular weight is 276 g/mol. The Balaban J connectivity index is 2.61. The van der Waals surface area contributed by atoms with E-state index in [0.29, 0.717) is 0 Å². The second-order valence-corrected chi connectivity index (χ2v) is 4.72. The number of carbonyl (C=O) groups is 1. The molecule has 0 saturated carbocycles. The molecule has 0 heterocycles. The van der Waals surface area contributed by atoms with Crippen LogP contribution in [0, 0.1) is 5.82 Å². The fourth-order valence-corrected chi connectivity index (χ4v) is 1.50. The first-order valence-electron chi connectivity index (χ1n) is 5.38. The summed E-state index contributed by atoms with van der Waals surface area (Å²) in [5, 5.41) is 20.9. The fourth-order valence-electron chi connectivity index (χ4n) is 1.27. The molecule has 100 valence electrons. The summed E-state index contributed by atoms with van der Waals surface area (Å²) in [5.41, 5.74) is -1.28. The van der Waals surface area contributed by atoms with Crippen molar-refractivity contribution in [1.29, 1.82) is 0 Å². The third-order valence-electron chi connectivity index (χ3n) is 2.41. The Morgan fingerprint density at radius 2 is 2.22 bits per heavy atom. The minimum atomic E-state index is -1.39. The monoisotopic (exact) mass is 275 g/mol. The number of halogens is 2. The molecule has 1 aromatic rings. The van der Waals surface area contributed by atoms with Crippen molar-refractivity contribution >= 4 is 17.5 Å².